The first-order chi connectivity index (χ1) is 11.4. The lowest BCUT2D eigenvalue weighted by atomic mass is 9.85. The van der Waals surface area contributed by atoms with Crippen LogP contribution in [0, 0.1) is 11.8 Å². The third-order valence-electron chi connectivity index (χ3n) is 6.14. The second kappa shape index (κ2) is 7.35. The maximum atomic E-state index is 2.79. The minimum Gasteiger partial charge on any atom is -0.296 e. The molecule has 1 aromatic rings. The molecule has 2 heterocycles. The van der Waals surface area contributed by atoms with Gasteiger partial charge >= 0.3 is 0 Å². The number of benzene rings is 1. The van der Waals surface area contributed by atoms with E-state index < -0.39 is 0 Å². The number of nitrogens with zero attached hydrogens (tertiary/aromatic N) is 1. The van der Waals surface area contributed by atoms with E-state index in [1.54, 1.807) is 5.19 Å². The molecule has 1 aromatic carbocycles. The van der Waals surface area contributed by atoms with Crippen LogP contribution in [0.4, 0.5) is 0 Å². The second-order valence-corrected chi connectivity index (χ2v) is 9.01. The van der Waals surface area contributed by atoms with Gasteiger partial charge in [0.2, 0.25) is 0 Å². The van der Waals surface area contributed by atoms with Crippen molar-refractivity contribution in [3.8, 4) is 0 Å². The zero-order valence-corrected chi connectivity index (χ0v) is 15.2. The molecule has 0 amide bonds. The topological polar surface area (TPSA) is 3.24 Å². The SMILES string of the molecule is C(=C1/CN2CCC[C@H]2[C@@H]1C[Si]c1ccccc1)/C1CCCCC1. The van der Waals surface area contributed by atoms with Crippen LogP contribution in [-0.4, -0.2) is 33.6 Å². The quantitative estimate of drug-likeness (QED) is 0.597. The fraction of sp³-hybridized carbons (Fsp3) is 0.619. The lowest BCUT2D eigenvalue weighted by Crippen LogP contribution is -2.28. The van der Waals surface area contributed by atoms with Crippen LogP contribution in [0.5, 0.6) is 0 Å². The Hall–Kier alpha value is -0.863. The highest BCUT2D eigenvalue weighted by atomic mass is 28.2. The van der Waals surface area contributed by atoms with Crippen LogP contribution >= 0.6 is 0 Å². The van der Waals surface area contributed by atoms with E-state index in [2.05, 4.69) is 41.3 Å². The molecule has 1 nitrogen and oxygen atoms in total. The van der Waals surface area contributed by atoms with E-state index in [4.69, 9.17) is 0 Å². The number of allylic oxidation sites excluding steroid dienone is 1. The summed E-state index contributed by atoms with van der Waals surface area (Å²) in [6.45, 7) is 2.63. The van der Waals surface area contributed by atoms with Crippen LogP contribution in [0.1, 0.15) is 44.9 Å². The summed E-state index contributed by atoms with van der Waals surface area (Å²) in [5.74, 6) is 1.74. The molecule has 1 saturated carbocycles. The van der Waals surface area contributed by atoms with Crippen LogP contribution in [0.2, 0.25) is 6.04 Å². The van der Waals surface area contributed by atoms with Gasteiger partial charge in [-0.05, 0) is 50.1 Å². The molecule has 0 unspecified atom stereocenters. The maximum Gasteiger partial charge on any atom is 0.0814 e. The van der Waals surface area contributed by atoms with Gasteiger partial charge in [-0.3, -0.25) is 4.90 Å². The van der Waals surface area contributed by atoms with Crippen LogP contribution in [-0.2, 0) is 0 Å². The van der Waals surface area contributed by atoms with Gasteiger partial charge in [-0.15, -0.1) is 0 Å². The molecule has 0 N–H and O–H groups in total. The Balaban J connectivity index is 1.46. The molecule has 23 heavy (non-hydrogen) atoms. The van der Waals surface area contributed by atoms with E-state index in [9.17, 15) is 0 Å². The summed E-state index contributed by atoms with van der Waals surface area (Å²) in [7, 11) is 0.976. The van der Waals surface area contributed by atoms with E-state index in [0.717, 1.165) is 27.4 Å². The Labute approximate surface area is 144 Å². The predicted octanol–water partition coefficient (Wildman–Crippen LogP) is 4.04. The van der Waals surface area contributed by atoms with Crippen molar-refractivity contribution < 1.29 is 0 Å². The molecule has 122 valence electrons. The van der Waals surface area contributed by atoms with Gasteiger partial charge < -0.3 is 0 Å². The van der Waals surface area contributed by atoms with Gasteiger partial charge in [-0.1, -0.05) is 66.4 Å². The summed E-state index contributed by atoms with van der Waals surface area (Å²) in [5, 5.41) is 1.54. The number of rotatable bonds is 4. The first-order valence-electron chi connectivity index (χ1n) is 9.64. The number of hydrogen-bond donors (Lipinski definition) is 0. The minimum absolute atomic E-state index is 0.845. The molecule has 0 aromatic heterocycles. The van der Waals surface area contributed by atoms with Gasteiger partial charge in [-0.25, -0.2) is 0 Å². The van der Waals surface area contributed by atoms with Gasteiger partial charge in [0, 0.05) is 12.6 Å². The standard InChI is InChI=1S/C21H29NSi/c1-3-8-17(9-4-1)14-18-15-22-13-7-12-21(22)20(18)16-23-19-10-5-2-6-11-19/h2,5-6,10-11,14,17,20-21H,1,3-4,7-9,12-13,15-16H2/b18-14+/t20-,21+/m1/s1. The van der Waals surface area contributed by atoms with Crippen molar-refractivity contribution in [2.45, 2.75) is 57.0 Å². The molecule has 0 spiro atoms. The average Bonchev–Trinajstić information content (AvgIpc) is 3.16. The molecule has 2 saturated heterocycles. The highest BCUT2D eigenvalue weighted by Gasteiger charge is 2.40. The fourth-order valence-corrected chi connectivity index (χ4v) is 6.35. The minimum atomic E-state index is 0.845. The molecular weight excluding hydrogens is 294 g/mol. The Bertz CT molecular complexity index is 532. The second-order valence-electron chi connectivity index (χ2n) is 7.67. The molecular formula is C21H29NSi. The van der Waals surface area contributed by atoms with Crippen LogP contribution in [0.3, 0.4) is 0 Å². The van der Waals surface area contributed by atoms with Crippen molar-refractivity contribution in [3.05, 3.63) is 42.0 Å². The highest BCUT2D eigenvalue weighted by molar-refractivity contribution is 6.53. The number of hydrogen-bond acceptors (Lipinski definition) is 1. The highest BCUT2D eigenvalue weighted by Crippen LogP contribution is 2.40. The van der Waals surface area contributed by atoms with Crippen LogP contribution in [0.25, 0.3) is 0 Å². The zero-order valence-electron chi connectivity index (χ0n) is 14.2. The summed E-state index contributed by atoms with van der Waals surface area (Å²) in [5.41, 5.74) is 1.81. The Morgan fingerprint density at radius 2 is 1.83 bits per heavy atom. The van der Waals surface area contributed by atoms with E-state index in [1.807, 2.05) is 5.57 Å². The largest absolute Gasteiger partial charge is 0.296 e. The molecule has 2 radical (unpaired) electrons. The van der Waals surface area contributed by atoms with Gasteiger partial charge in [0.1, 0.15) is 0 Å². The summed E-state index contributed by atoms with van der Waals surface area (Å²) < 4.78 is 0. The van der Waals surface area contributed by atoms with Gasteiger partial charge in [0.05, 0.1) is 9.52 Å². The summed E-state index contributed by atoms with van der Waals surface area (Å²) in [6, 6.07) is 13.4. The lowest BCUT2D eigenvalue weighted by Gasteiger charge is -2.22. The summed E-state index contributed by atoms with van der Waals surface area (Å²) in [4.78, 5) is 2.79. The molecule has 2 atom stereocenters. The summed E-state index contributed by atoms with van der Waals surface area (Å²) >= 11 is 0. The molecule has 0 bridgehead atoms. The fourth-order valence-electron chi connectivity index (χ4n) is 4.93. The van der Waals surface area contributed by atoms with Gasteiger partial charge in [0.25, 0.3) is 0 Å². The van der Waals surface area contributed by atoms with Gasteiger partial charge in [0.15, 0.2) is 0 Å². The van der Waals surface area contributed by atoms with E-state index in [0.29, 0.717) is 0 Å². The molecule has 1 aliphatic carbocycles. The van der Waals surface area contributed by atoms with Crippen molar-refractivity contribution in [1.29, 1.82) is 0 Å². The van der Waals surface area contributed by atoms with Crippen molar-refractivity contribution >= 4 is 14.7 Å². The number of fused-ring (bicyclic) bond motifs is 1. The Morgan fingerprint density at radius 3 is 2.65 bits per heavy atom. The predicted molar refractivity (Wildman–Crippen MR) is 99.4 cm³/mol. The maximum absolute atomic E-state index is 2.79. The van der Waals surface area contributed by atoms with Gasteiger partial charge in [-0.2, -0.15) is 0 Å². The molecule has 4 rings (SSSR count). The molecule has 3 aliphatic rings. The van der Waals surface area contributed by atoms with Crippen molar-refractivity contribution in [2.24, 2.45) is 11.8 Å². The monoisotopic (exact) mass is 323 g/mol. The van der Waals surface area contributed by atoms with Crippen LogP contribution < -0.4 is 5.19 Å². The average molecular weight is 324 g/mol. The van der Waals surface area contributed by atoms with Crippen molar-refractivity contribution in [3.63, 3.8) is 0 Å². The van der Waals surface area contributed by atoms with Crippen molar-refractivity contribution in [2.75, 3.05) is 13.1 Å². The molecule has 2 heteroatoms. The van der Waals surface area contributed by atoms with E-state index >= 15 is 0 Å². The molecule has 2 aliphatic heterocycles. The first-order valence-corrected chi connectivity index (χ1v) is 10.8. The van der Waals surface area contributed by atoms with Crippen LogP contribution in [0.15, 0.2) is 42.0 Å². The Morgan fingerprint density at radius 1 is 1.00 bits per heavy atom. The van der Waals surface area contributed by atoms with Crippen molar-refractivity contribution in [1.82, 2.24) is 4.90 Å². The molecule has 3 fully saturated rings. The normalized spacial score (nSPS) is 30.9. The summed E-state index contributed by atoms with van der Waals surface area (Å²) in [6.07, 6.45) is 12.9. The Kier molecular flexibility index (Phi) is 5.01. The lowest BCUT2D eigenvalue weighted by molar-refractivity contribution is 0.298. The third-order valence-corrected chi connectivity index (χ3v) is 7.53. The third kappa shape index (κ3) is 3.64. The first kappa shape index (κ1) is 15.7. The smallest absolute Gasteiger partial charge is 0.0814 e. The van der Waals surface area contributed by atoms with E-state index in [1.165, 1.54) is 64.1 Å². The van der Waals surface area contributed by atoms with E-state index in [-0.39, 0.29) is 0 Å². The zero-order chi connectivity index (χ0) is 15.5.